The van der Waals surface area contributed by atoms with E-state index in [0.717, 1.165) is 6.42 Å². The molecule has 0 aliphatic carbocycles. The molecule has 2 aromatic carbocycles. The first-order chi connectivity index (χ1) is 8.69. The molecule has 2 rings (SSSR count). The maximum Gasteiger partial charge on any atom is 0.0335 e. The number of benzene rings is 2. The molecule has 0 spiro atoms. The summed E-state index contributed by atoms with van der Waals surface area (Å²) in [5, 5.41) is 0. The third-order valence-electron chi connectivity index (χ3n) is 3.08. The van der Waals surface area contributed by atoms with E-state index in [-0.39, 0.29) is 6.04 Å². The molecule has 2 N–H and O–H groups in total. The molecular formula is C16H19NS. The van der Waals surface area contributed by atoms with Gasteiger partial charge in [-0.2, -0.15) is 0 Å². The second-order valence-corrected chi connectivity index (χ2v) is 5.45. The predicted octanol–water partition coefficient (Wildman–Crippen LogP) is 3.96. The van der Waals surface area contributed by atoms with Gasteiger partial charge < -0.3 is 5.73 Å². The first-order valence-corrected chi connectivity index (χ1v) is 7.36. The molecule has 0 aliphatic rings. The first kappa shape index (κ1) is 13.2. The van der Waals surface area contributed by atoms with Crippen LogP contribution in [0.4, 0.5) is 0 Å². The lowest BCUT2D eigenvalue weighted by Gasteiger charge is -2.13. The Bertz CT molecular complexity index is 505. The van der Waals surface area contributed by atoms with Gasteiger partial charge >= 0.3 is 0 Å². The second kappa shape index (κ2) is 6.07. The molecule has 0 amide bonds. The third-order valence-corrected chi connectivity index (χ3v) is 3.83. The Labute approximate surface area is 113 Å². The second-order valence-electron chi connectivity index (χ2n) is 4.57. The van der Waals surface area contributed by atoms with E-state index >= 15 is 0 Å². The lowest BCUT2D eigenvalue weighted by atomic mass is 9.99. The molecule has 1 unspecified atom stereocenters. The lowest BCUT2D eigenvalue weighted by molar-refractivity contribution is 0.721. The van der Waals surface area contributed by atoms with Gasteiger partial charge in [0.1, 0.15) is 0 Å². The largest absolute Gasteiger partial charge is 0.324 e. The smallest absolute Gasteiger partial charge is 0.0335 e. The Hall–Kier alpha value is -1.25. The summed E-state index contributed by atoms with van der Waals surface area (Å²) in [6.45, 7) is 2.11. The van der Waals surface area contributed by atoms with Gasteiger partial charge in [0.2, 0.25) is 0 Å². The molecule has 0 radical (unpaired) electrons. The Kier molecular flexibility index (Phi) is 4.45. The lowest BCUT2D eigenvalue weighted by Crippen LogP contribution is -2.13. The van der Waals surface area contributed by atoms with Gasteiger partial charge in [0.15, 0.2) is 0 Å². The summed E-state index contributed by atoms with van der Waals surface area (Å²) in [5.74, 6) is 0. The quantitative estimate of drug-likeness (QED) is 0.839. The molecule has 1 atom stereocenters. The minimum atomic E-state index is 0.0720. The van der Waals surface area contributed by atoms with E-state index in [0.29, 0.717) is 0 Å². The van der Waals surface area contributed by atoms with Crippen LogP contribution in [-0.2, 0) is 6.42 Å². The fraction of sp³-hybridized carbons (Fsp3) is 0.250. The molecule has 0 saturated heterocycles. The average molecular weight is 257 g/mol. The van der Waals surface area contributed by atoms with Crippen LogP contribution in [0, 0.1) is 6.92 Å². The van der Waals surface area contributed by atoms with Gasteiger partial charge in [-0.3, -0.25) is 0 Å². The van der Waals surface area contributed by atoms with E-state index in [4.69, 9.17) is 5.73 Å². The Balaban J connectivity index is 2.09. The molecule has 18 heavy (non-hydrogen) atoms. The Morgan fingerprint density at radius 3 is 2.44 bits per heavy atom. The first-order valence-electron chi connectivity index (χ1n) is 6.14. The van der Waals surface area contributed by atoms with Crippen molar-refractivity contribution < 1.29 is 0 Å². The predicted molar refractivity (Wildman–Crippen MR) is 80.0 cm³/mol. The zero-order chi connectivity index (χ0) is 13.0. The molecule has 0 heterocycles. The van der Waals surface area contributed by atoms with Crippen LogP contribution in [0.5, 0.6) is 0 Å². The highest BCUT2D eigenvalue weighted by molar-refractivity contribution is 7.98. The fourth-order valence-electron chi connectivity index (χ4n) is 2.06. The zero-order valence-electron chi connectivity index (χ0n) is 10.9. The van der Waals surface area contributed by atoms with Gasteiger partial charge in [-0.05, 0) is 42.9 Å². The van der Waals surface area contributed by atoms with E-state index in [9.17, 15) is 0 Å². The number of nitrogens with two attached hydrogens (primary N) is 1. The van der Waals surface area contributed by atoms with Crippen LogP contribution in [-0.4, -0.2) is 6.26 Å². The molecule has 2 aromatic rings. The molecule has 0 aromatic heterocycles. The number of hydrogen-bond donors (Lipinski definition) is 1. The average Bonchev–Trinajstić information content (AvgIpc) is 2.39. The van der Waals surface area contributed by atoms with Crippen LogP contribution >= 0.6 is 11.8 Å². The van der Waals surface area contributed by atoms with Crippen molar-refractivity contribution in [2.24, 2.45) is 5.73 Å². The molecule has 1 nitrogen and oxygen atoms in total. The summed E-state index contributed by atoms with van der Waals surface area (Å²) in [6.07, 6.45) is 2.97. The summed E-state index contributed by atoms with van der Waals surface area (Å²) >= 11 is 1.75. The minimum absolute atomic E-state index is 0.0720. The highest BCUT2D eigenvalue weighted by Crippen LogP contribution is 2.20. The van der Waals surface area contributed by atoms with Crippen LogP contribution in [0.25, 0.3) is 0 Å². The van der Waals surface area contributed by atoms with Crippen molar-refractivity contribution in [3.8, 4) is 0 Å². The SMILES string of the molecule is CSc1ccc(C(N)Cc2cccc(C)c2)cc1. The van der Waals surface area contributed by atoms with E-state index in [2.05, 4.69) is 61.7 Å². The van der Waals surface area contributed by atoms with E-state index < -0.39 is 0 Å². The number of rotatable bonds is 4. The maximum atomic E-state index is 6.26. The van der Waals surface area contributed by atoms with Crippen LogP contribution in [0.2, 0.25) is 0 Å². The number of thioether (sulfide) groups is 1. The maximum absolute atomic E-state index is 6.26. The van der Waals surface area contributed by atoms with Crippen molar-refractivity contribution in [1.82, 2.24) is 0 Å². The molecule has 0 bridgehead atoms. The molecule has 0 saturated carbocycles. The number of hydrogen-bond acceptors (Lipinski definition) is 2. The van der Waals surface area contributed by atoms with Crippen LogP contribution in [0.15, 0.2) is 53.4 Å². The normalized spacial score (nSPS) is 12.4. The highest BCUT2D eigenvalue weighted by atomic mass is 32.2. The van der Waals surface area contributed by atoms with Crippen molar-refractivity contribution >= 4 is 11.8 Å². The van der Waals surface area contributed by atoms with Gasteiger partial charge in [0.05, 0.1) is 0 Å². The summed E-state index contributed by atoms with van der Waals surface area (Å²) in [7, 11) is 0. The van der Waals surface area contributed by atoms with Crippen molar-refractivity contribution in [2.45, 2.75) is 24.3 Å². The standard InChI is InChI=1S/C16H19NS/c1-12-4-3-5-13(10-12)11-16(17)14-6-8-15(18-2)9-7-14/h3-10,16H,11,17H2,1-2H3. The molecule has 0 aliphatic heterocycles. The van der Waals surface area contributed by atoms with Crippen LogP contribution < -0.4 is 5.73 Å². The molecular weight excluding hydrogens is 238 g/mol. The summed E-state index contributed by atoms with van der Waals surface area (Å²) < 4.78 is 0. The minimum Gasteiger partial charge on any atom is -0.324 e. The van der Waals surface area contributed by atoms with Crippen LogP contribution in [0.1, 0.15) is 22.7 Å². The van der Waals surface area contributed by atoms with Gasteiger partial charge in [0.25, 0.3) is 0 Å². The summed E-state index contributed by atoms with van der Waals surface area (Å²) in [6, 6.07) is 17.2. The molecule has 94 valence electrons. The third kappa shape index (κ3) is 3.37. The van der Waals surface area contributed by atoms with Crippen molar-refractivity contribution in [3.05, 3.63) is 65.2 Å². The molecule has 0 fully saturated rings. The van der Waals surface area contributed by atoms with E-state index in [1.807, 2.05) is 0 Å². The van der Waals surface area contributed by atoms with Gasteiger partial charge in [0, 0.05) is 10.9 Å². The van der Waals surface area contributed by atoms with Crippen molar-refractivity contribution in [3.63, 3.8) is 0 Å². The topological polar surface area (TPSA) is 26.0 Å². The van der Waals surface area contributed by atoms with Crippen LogP contribution in [0.3, 0.4) is 0 Å². The van der Waals surface area contributed by atoms with Gasteiger partial charge in [-0.25, -0.2) is 0 Å². The Morgan fingerprint density at radius 2 is 1.83 bits per heavy atom. The van der Waals surface area contributed by atoms with E-state index in [1.165, 1.54) is 21.6 Å². The van der Waals surface area contributed by atoms with Gasteiger partial charge in [-0.1, -0.05) is 42.0 Å². The zero-order valence-corrected chi connectivity index (χ0v) is 11.7. The van der Waals surface area contributed by atoms with Gasteiger partial charge in [-0.15, -0.1) is 11.8 Å². The fourth-order valence-corrected chi connectivity index (χ4v) is 2.47. The summed E-state index contributed by atoms with van der Waals surface area (Å²) in [4.78, 5) is 1.28. The van der Waals surface area contributed by atoms with Crippen molar-refractivity contribution in [2.75, 3.05) is 6.26 Å². The molecule has 2 heteroatoms. The monoisotopic (exact) mass is 257 g/mol. The Morgan fingerprint density at radius 1 is 1.11 bits per heavy atom. The van der Waals surface area contributed by atoms with E-state index in [1.54, 1.807) is 11.8 Å². The highest BCUT2D eigenvalue weighted by Gasteiger charge is 2.07. The van der Waals surface area contributed by atoms with Crippen molar-refractivity contribution in [1.29, 1.82) is 0 Å². The number of aryl methyl sites for hydroxylation is 1. The summed E-state index contributed by atoms with van der Waals surface area (Å²) in [5.41, 5.74) is 10.1.